The van der Waals surface area contributed by atoms with Crippen molar-refractivity contribution in [1.29, 1.82) is 0 Å². The number of nitrogens with one attached hydrogen (secondary N) is 2. The van der Waals surface area contributed by atoms with Crippen LogP contribution in [0.15, 0.2) is 57.8 Å². The molecule has 0 radical (unpaired) electrons. The number of hydrogen-bond acceptors (Lipinski definition) is 4. The average molecular weight is 406 g/mol. The normalized spacial score (nSPS) is 15.9. The second kappa shape index (κ2) is 8.10. The predicted octanol–water partition coefficient (Wildman–Crippen LogP) is 3.59. The largest absolute Gasteiger partial charge is 0.352 e. The van der Waals surface area contributed by atoms with Gasteiger partial charge in [-0.05, 0) is 35.7 Å². The molecule has 2 N–H and O–H groups in total. The molecule has 1 heterocycles. The van der Waals surface area contributed by atoms with Gasteiger partial charge >= 0.3 is 0 Å². The van der Waals surface area contributed by atoms with Gasteiger partial charge in [0, 0.05) is 24.4 Å². The van der Waals surface area contributed by atoms with Gasteiger partial charge in [-0.1, -0.05) is 42.8 Å². The number of anilines is 1. The summed E-state index contributed by atoms with van der Waals surface area (Å²) in [5.74, 6) is 0.186. The molecule has 142 valence electrons. The maximum Gasteiger partial charge on any atom is 0.286 e. The Labute approximate surface area is 163 Å². The molecule has 0 unspecified atom stereocenters. The average Bonchev–Trinajstić information content (AvgIpc) is 2.60. The fourth-order valence-corrected chi connectivity index (χ4v) is 4.13. The van der Waals surface area contributed by atoms with Crippen LogP contribution >= 0.6 is 11.6 Å². The Morgan fingerprint density at radius 3 is 2.63 bits per heavy atom. The van der Waals surface area contributed by atoms with Gasteiger partial charge in [0.2, 0.25) is 5.91 Å². The minimum absolute atomic E-state index is 0.0677. The first-order valence-electron chi connectivity index (χ1n) is 8.54. The first-order chi connectivity index (χ1) is 12.8. The molecule has 0 aliphatic carbocycles. The van der Waals surface area contributed by atoms with Gasteiger partial charge in [0.25, 0.3) is 10.0 Å². The van der Waals surface area contributed by atoms with Crippen molar-refractivity contribution in [3.05, 3.63) is 59.1 Å². The van der Waals surface area contributed by atoms with Gasteiger partial charge in [0.05, 0.1) is 5.69 Å². The zero-order chi connectivity index (χ0) is 19.4. The summed E-state index contributed by atoms with van der Waals surface area (Å²) in [6.45, 7) is 2.31. The Balaban J connectivity index is 1.55. The number of amides is 1. The van der Waals surface area contributed by atoms with E-state index in [-0.39, 0.29) is 23.1 Å². The first-order valence-corrected chi connectivity index (χ1v) is 10.4. The fourth-order valence-electron chi connectivity index (χ4n) is 2.85. The molecule has 0 spiro atoms. The number of carbonyl (C=O) groups is 1. The van der Waals surface area contributed by atoms with Crippen molar-refractivity contribution in [3.8, 4) is 0 Å². The zero-order valence-electron chi connectivity index (χ0n) is 14.8. The molecule has 0 saturated carbocycles. The molecule has 1 atom stereocenters. The van der Waals surface area contributed by atoms with E-state index in [1.165, 1.54) is 6.07 Å². The van der Waals surface area contributed by atoms with Gasteiger partial charge in [-0.2, -0.15) is 8.42 Å². The van der Waals surface area contributed by atoms with Crippen molar-refractivity contribution in [3.63, 3.8) is 0 Å². The van der Waals surface area contributed by atoms with E-state index in [1.807, 2.05) is 19.1 Å². The number of sulfonamides is 1. The highest BCUT2D eigenvalue weighted by Crippen LogP contribution is 2.28. The second-order valence-electron chi connectivity index (χ2n) is 6.55. The molecule has 2 aromatic rings. The third-order valence-electron chi connectivity index (χ3n) is 4.15. The van der Waals surface area contributed by atoms with Gasteiger partial charge in [0.1, 0.15) is 10.7 Å². The summed E-state index contributed by atoms with van der Waals surface area (Å²) in [6, 6.07) is 13.9. The highest BCUT2D eigenvalue weighted by Gasteiger charge is 2.25. The lowest BCUT2D eigenvalue weighted by Crippen LogP contribution is -2.27. The van der Waals surface area contributed by atoms with Crippen LogP contribution in [-0.4, -0.2) is 20.2 Å². The molecule has 2 aromatic carbocycles. The molecule has 3 rings (SSSR count). The number of hydrogen-bond donors (Lipinski definition) is 2. The van der Waals surface area contributed by atoms with Crippen molar-refractivity contribution in [2.75, 3.05) is 5.32 Å². The van der Waals surface area contributed by atoms with E-state index in [2.05, 4.69) is 15.0 Å². The molecule has 0 aromatic heterocycles. The highest BCUT2D eigenvalue weighted by molar-refractivity contribution is 7.90. The maximum absolute atomic E-state index is 12.3. The van der Waals surface area contributed by atoms with Gasteiger partial charge in [-0.15, -0.1) is 4.40 Å². The van der Waals surface area contributed by atoms with Crippen LogP contribution in [0.4, 0.5) is 5.69 Å². The molecule has 1 amide bonds. The molecule has 6 nitrogen and oxygen atoms in total. The molecule has 0 bridgehead atoms. The Bertz CT molecular complexity index is 972. The highest BCUT2D eigenvalue weighted by atomic mass is 35.5. The molecule has 1 aliphatic heterocycles. The first kappa shape index (κ1) is 19.4. The van der Waals surface area contributed by atoms with Crippen LogP contribution in [0.1, 0.15) is 25.3 Å². The quantitative estimate of drug-likeness (QED) is 0.768. The van der Waals surface area contributed by atoms with Crippen molar-refractivity contribution in [1.82, 2.24) is 5.32 Å². The standard InChI is InChI=1S/C19H20ClN3O3S/c1-13(11-19(24)21-12-14-6-8-15(20)9-7-14)10-18-22-16-4-2-3-5-17(16)27(25,26)23-18/h2-9,13H,10-12H2,1H3,(H,21,24)(H,22,23)/t13-/m0/s1. The minimum atomic E-state index is -3.70. The fraction of sp³-hybridized carbons (Fsp3) is 0.263. The van der Waals surface area contributed by atoms with Gasteiger partial charge in [-0.3, -0.25) is 4.79 Å². The van der Waals surface area contributed by atoms with Crippen LogP contribution in [0.2, 0.25) is 5.02 Å². The van der Waals surface area contributed by atoms with Crippen molar-refractivity contribution < 1.29 is 13.2 Å². The molecule has 27 heavy (non-hydrogen) atoms. The summed E-state index contributed by atoms with van der Waals surface area (Å²) in [7, 11) is -3.70. The molecule has 8 heteroatoms. The third kappa shape index (κ3) is 5.08. The number of amidine groups is 1. The molecule has 0 fully saturated rings. The SMILES string of the molecule is C[C@H](CC(=O)NCc1ccc(Cl)cc1)CC1=NS(=O)(=O)c2ccccc2N1. The monoisotopic (exact) mass is 405 g/mol. The number of carbonyl (C=O) groups excluding carboxylic acids is 1. The van der Waals surface area contributed by atoms with Crippen molar-refractivity contribution in [2.24, 2.45) is 10.3 Å². The molecular weight excluding hydrogens is 386 g/mol. The maximum atomic E-state index is 12.3. The Hall–Kier alpha value is -2.38. The summed E-state index contributed by atoms with van der Waals surface area (Å²) in [5.41, 5.74) is 1.48. The third-order valence-corrected chi connectivity index (χ3v) is 5.78. The smallest absolute Gasteiger partial charge is 0.286 e. The molecule has 0 saturated heterocycles. The summed E-state index contributed by atoms with van der Waals surface area (Å²) >= 11 is 5.84. The molecule has 1 aliphatic rings. The van der Waals surface area contributed by atoms with Crippen LogP contribution in [0, 0.1) is 5.92 Å². The number of para-hydroxylation sites is 1. The van der Waals surface area contributed by atoms with Crippen LogP contribution in [0.3, 0.4) is 0 Å². The minimum Gasteiger partial charge on any atom is -0.352 e. The predicted molar refractivity (Wildman–Crippen MR) is 106 cm³/mol. The van der Waals surface area contributed by atoms with Gasteiger partial charge < -0.3 is 10.6 Å². The van der Waals surface area contributed by atoms with Gasteiger partial charge in [0.15, 0.2) is 0 Å². The summed E-state index contributed by atoms with van der Waals surface area (Å²) < 4.78 is 28.3. The molecular formula is C19H20ClN3O3S. The Kier molecular flexibility index (Phi) is 5.82. The van der Waals surface area contributed by atoms with E-state index in [9.17, 15) is 13.2 Å². The van der Waals surface area contributed by atoms with E-state index in [4.69, 9.17) is 11.6 Å². The topological polar surface area (TPSA) is 87.6 Å². The lowest BCUT2D eigenvalue weighted by Gasteiger charge is -2.20. The van der Waals surface area contributed by atoms with Crippen LogP contribution in [0.5, 0.6) is 0 Å². The van der Waals surface area contributed by atoms with Crippen molar-refractivity contribution >= 4 is 39.1 Å². The summed E-state index contributed by atoms with van der Waals surface area (Å²) in [4.78, 5) is 12.3. The second-order valence-corrected chi connectivity index (χ2v) is 8.56. The Morgan fingerprint density at radius 2 is 1.89 bits per heavy atom. The van der Waals surface area contributed by atoms with E-state index >= 15 is 0 Å². The lowest BCUT2D eigenvalue weighted by atomic mass is 10.0. The Morgan fingerprint density at radius 1 is 1.19 bits per heavy atom. The van der Waals surface area contributed by atoms with E-state index in [1.54, 1.807) is 30.3 Å². The van der Waals surface area contributed by atoms with Crippen LogP contribution in [0.25, 0.3) is 0 Å². The van der Waals surface area contributed by atoms with Gasteiger partial charge in [-0.25, -0.2) is 0 Å². The van der Waals surface area contributed by atoms with E-state index in [0.717, 1.165) is 5.56 Å². The number of nitrogens with zero attached hydrogens (tertiary/aromatic N) is 1. The number of benzene rings is 2. The van der Waals surface area contributed by atoms with E-state index in [0.29, 0.717) is 29.5 Å². The lowest BCUT2D eigenvalue weighted by molar-refractivity contribution is -0.122. The number of rotatable bonds is 6. The van der Waals surface area contributed by atoms with E-state index < -0.39 is 10.0 Å². The summed E-state index contributed by atoms with van der Waals surface area (Å²) in [6.07, 6.45) is 0.637. The zero-order valence-corrected chi connectivity index (χ0v) is 16.3. The van der Waals surface area contributed by atoms with Crippen molar-refractivity contribution in [2.45, 2.75) is 31.2 Å². The van der Waals surface area contributed by atoms with Crippen LogP contribution < -0.4 is 10.6 Å². The number of fused-ring (bicyclic) bond motifs is 1. The number of halogens is 1. The summed E-state index contributed by atoms with van der Waals surface area (Å²) in [5, 5.41) is 6.55. The van der Waals surface area contributed by atoms with Crippen LogP contribution in [-0.2, 0) is 21.4 Å².